The lowest BCUT2D eigenvalue weighted by atomic mass is 9.99. The predicted molar refractivity (Wildman–Crippen MR) is 99.3 cm³/mol. The largest absolute Gasteiger partial charge is 0.387 e. The molecule has 1 amide bonds. The third-order valence-corrected chi connectivity index (χ3v) is 5.31. The molecule has 0 aromatic heterocycles. The fraction of sp³-hybridized carbons (Fsp3) is 0.333. The first-order valence-corrected chi connectivity index (χ1v) is 9.02. The number of amides is 1. The van der Waals surface area contributed by atoms with E-state index in [1.807, 2.05) is 24.3 Å². The van der Waals surface area contributed by atoms with E-state index in [2.05, 4.69) is 16.7 Å². The molecule has 0 bridgehead atoms. The van der Waals surface area contributed by atoms with Gasteiger partial charge in [-0.2, -0.15) is 0 Å². The average molecular weight is 350 g/mol. The molecule has 3 N–H and O–H groups in total. The van der Waals surface area contributed by atoms with Crippen molar-refractivity contribution in [2.24, 2.45) is 0 Å². The van der Waals surface area contributed by atoms with Gasteiger partial charge in [0.05, 0.1) is 5.60 Å². The molecular formula is C21H22N2O3. The highest BCUT2D eigenvalue weighted by Crippen LogP contribution is 2.28. The highest BCUT2D eigenvalue weighted by Gasteiger charge is 2.31. The molecule has 2 aliphatic rings. The molecule has 1 aliphatic heterocycles. The van der Waals surface area contributed by atoms with Gasteiger partial charge in [0.25, 0.3) is 5.91 Å². The molecule has 134 valence electrons. The minimum atomic E-state index is -0.850. The number of Topliss-reactive ketones (excluding diaryl/α,β-unsaturated/α-hetero) is 1. The predicted octanol–water partition coefficient (Wildman–Crippen LogP) is 1.94. The number of nitrogens with one attached hydrogen (secondary N) is 2. The number of carbonyl (C=O) groups excluding carboxylic acids is 2. The number of fused-ring (bicyclic) bond motifs is 1. The van der Waals surface area contributed by atoms with Crippen LogP contribution in [0.15, 0.2) is 42.5 Å². The van der Waals surface area contributed by atoms with Crippen LogP contribution in [-0.4, -0.2) is 42.0 Å². The minimum Gasteiger partial charge on any atom is -0.387 e. The Kier molecular flexibility index (Phi) is 4.34. The second-order valence-corrected chi connectivity index (χ2v) is 7.21. The molecule has 5 heteroatoms. The molecule has 26 heavy (non-hydrogen) atoms. The molecule has 1 atom stereocenters. The number of benzene rings is 2. The van der Waals surface area contributed by atoms with E-state index < -0.39 is 5.60 Å². The van der Waals surface area contributed by atoms with Gasteiger partial charge in [0.15, 0.2) is 5.78 Å². The molecule has 4 rings (SSSR count). The van der Waals surface area contributed by atoms with Gasteiger partial charge in [0, 0.05) is 30.6 Å². The summed E-state index contributed by atoms with van der Waals surface area (Å²) in [6.45, 7) is 1.53. The maximum Gasteiger partial charge on any atom is 0.251 e. The summed E-state index contributed by atoms with van der Waals surface area (Å²) in [6, 6.07) is 13.3. The minimum absolute atomic E-state index is 0.184. The molecule has 1 saturated heterocycles. The molecule has 1 aliphatic carbocycles. The molecule has 1 heterocycles. The number of hydrogen-bond acceptors (Lipinski definition) is 4. The van der Waals surface area contributed by atoms with Crippen LogP contribution in [0.25, 0.3) is 11.1 Å². The summed E-state index contributed by atoms with van der Waals surface area (Å²) in [5.74, 6) is 0.0362. The van der Waals surface area contributed by atoms with E-state index in [1.165, 1.54) is 0 Å². The molecule has 5 nitrogen and oxygen atoms in total. The highest BCUT2D eigenvalue weighted by molar-refractivity contribution is 6.01. The summed E-state index contributed by atoms with van der Waals surface area (Å²) < 4.78 is 0. The van der Waals surface area contributed by atoms with Crippen molar-refractivity contribution in [1.29, 1.82) is 0 Å². The summed E-state index contributed by atoms with van der Waals surface area (Å²) in [7, 11) is 0. The van der Waals surface area contributed by atoms with Gasteiger partial charge >= 0.3 is 0 Å². The molecule has 1 fully saturated rings. The van der Waals surface area contributed by atoms with Crippen molar-refractivity contribution in [3.63, 3.8) is 0 Å². The first-order chi connectivity index (χ1) is 12.5. The zero-order valence-electron chi connectivity index (χ0n) is 14.5. The van der Waals surface area contributed by atoms with Gasteiger partial charge in [-0.15, -0.1) is 0 Å². The molecular weight excluding hydrogens is 328 g/mol. The number of aryl methyl sites for hydroxylation is 1. The lowest BCUT2D eigenvalue weighted by molar-refractivity contribution is 0.0562. The van der Waals surface area contributed by atoms with Crippen LogP contribution in [0, 0.1) is 0 Å². The van der Waals surface area contributed by atoms with Gasteiger partial charge in [0.2, 0.25) is 0 Å². The zero-order valence-corrected chi connectivity index (χ0v) is 14.5. The number of ketones is 1. The number of aliphatic hydroxyl groups is 1. The van der Waals surface area contributed by atoms with Gasteiger partial charge in [0.1, 0.15) is 0 Å². The van der Waals surface area contributed by atoms with Crippen molar-refractivity contribution in [2.75, 3.05) is 19.6 Å². The van der Waals surface area contributed by atoms with E-state index >= 15 is 0 Å². The number of hydrogen-bond donors (Lipinski definition) is 3. The average Bonchev–Trinajstić information content (AvgIpc) is 3.26. The summed E-state index contributed by atoms with van der Waals surface area (Å²) in [5.41, 5.74) is 3.73. The fourth-order valence-electron chi connectivity index (χ4n) is 3.68. The van der Waals surface area contributed by atoms with Crippen LogP contribution < -0.4 is 10.6 Å². The van der Waals surface area contributed by atoms with E-state index in [0.717, 1.165) is 35.2 Å². The van der Waals surface area contributed by atoms with Gasteiger partial charge in [-0.05, 0) is 48.2 Å². The van der Waals surface area contributed by atoms with Gasteiger partial charge in [-0.3, -0.25) is 9.59 Å². The lowest BCUT2D eigenvalue weighted by Gasteiger charge is -2.21. The quantitative estimate of drug-likeness (QED) is 0.787. The normalized spacial score (nSPS) is 21.7. The summed E-state index contributed by atoms with van der Waals surface area (Å²) >= 11 is 0. The lowest BCUT2D eigenvalue weighted by Crippen LogP contribution is -2.44. The van der Waals surface area contributed by atoms with E-state index in [-0.39, 0.29) is 18.2 Å². The number of carbonyl (C=O) groups is 2. The Morgan fingerprint density at radius 3 is 2.62 bits per heavy atom. The molecule has 0 radical (unpaired) electrons. The van der Waals surface area contributed by atoms with E-state index in [0.29, 0.717) is 24.9 Å². The SMILES string of the molecule is O=C(NC[C@]1(O)CCNC1)c1ccc(-c2ccc3c(c2)CCC3=O)cc1. The van der Waals surface area contributed by atoms with Crippen molar-refractivity contribution in [3.05, 3.63) is 59.2 Å². The van der Waals surface area contributed by atoms with E-state index in [1.54, 1.807) is 12.1 Å². The Labute approximate surface area is 152 Å². The van der Waals surface area contributed by atoms with Crippen LogP contribution in [-0.2, 0) is 6.42 Å². The maximum atomic E-state index is 12.3. The highest BCUT2D eigenvalue weighted by atomic mass is 16.3. The second kappa shape index (κ2) is 6.67. The number of β-amino-alcohol motifs (C(OH)–C–C–N with tert-alkyl or cyclic N) is 1. The molecule has 0 unspecified atom stereocenters. The maximum absolute atomic E-state index is 12.3. The molecule has 0 spiro atoms. The molecule has 2 aromatic rings. The summed E-state index contributed by atoms with van der Waals surface area (Å²) in [6.07, 6.45) is 2.05. The molecule has 0 saturated carbocycles. The van der Waals surface area contributed by atoms with Crippen LogP contribution in [0.5, 0.6) is 0 Å². The van der Waals surface area contributed by atoms with E-state index in [9.17, 15) is 14.7 Å². The standard InChI is InChI=1S/C21H22N2O3/c24-19-8-6-17-11-16(5-7-18(17)19)14-1-3-15(4-2-14)20(25)23-13-21(26)9-10-22-12-21/h1-5,7,11,22,26H,6,8-10,12-13H2,(H,23,25)/t21-/m0/s1. The Morgan fingerprint density at radius 1 is 1.12 bits per heavy atom. The smallest absolute Gasteiger partial charge is 0.251 e. The molecule has 2 aromatic carbocycles. The van der Waals surface area contributed by atoms with Crippen LogP contribution in [0.4, 0.5) is 0 Å². The Morgan fingerprint density at radius 2 is 1.88 bits per heavy atom. The Hall–Kier alpha value is -2.50. The van der Waals surface area contributed by atoms with Crippen molar-refractivity contribution >= 4 is 11.7 Å². The van der Waals surface area contributed by atoms with Crippen molar-refractivity contribution < 1.29 is 14.7 Å². The van der Waals surface area contributed by atoms with Gasteiger partial charge < -0.3 is 15.7 Å². The monoisotopic (exact) mass is 350 g/mol. The third-order valence-electron chi connectivity index (χ3n) is 5.31. The topological polar surface area (TPSA) is 78.4 Å². The Balaban J connectivity index is 1.45. The number of rotatable bonds is 4. The summed E-state index contributed by atoms with van der Waals surface area (Å²) in [4.78, 5) is 24.0. The van der Waals surface area contributed by atoms with E-state index in [4.69, 9.17) is 0 Å². The van der Waals surface area contributed by atoms with Crippen molar-refractivity contribution in [3.8, 4) is 11.1 Å². The summed E-state index contributed by atoms with van der Waals surface area (Å²) in [5, 5.41) is 16.2. The zero-order chi connectivity index (χ0) is 18.1. The van der Waals surface area contributed by atoms with Gasteiger partial charge in [-0.1, -0.05) is 30.3 Å². The third kappa shape index (κ3) is 3.28. The first kappa shape index (κ1) is 16.9. The fourth-order valence-corrected chi connectivity index (χ4v) is 3.68. The van der Waals surface area contributed by atoms with Crippen molar-refractivity contribution in [2.45, 2.75) is 24.9 Å². The van der Waals surface area contributed by atoms with Crippen LogP contribution in [0.1, 0.15) is 39.1 Å². The second-order valence-electron chi connectivity index (χ2n) is 7.21. The first-order valence-electron chi connectivity index (χ1n) is 9.02. The van der Waals surface area contributed by atoms with Gasteiger partial charge in [-0.25, -0.2) is 0 Å². The van der Waals surface area contributed by atoms with Crippen LogP contribution in [0.3, 0.4) is 0 Å². The van der Waals surface area contributed by atoms with Crippen molar-refractivity contribution in [1.82, 2.24) is 10.6 Å². The Bertz CT molecular complexity index is 852. The van der Waals surface area contributed by atoms with Crippen LogP contribution in [0.2, 0.25) is 0 Å². The van der Waals surface area contributed by atoms with Crippen LogP contribution >= 0.6 is 0 Å².